The third kappa shape index (κ3) is 4.82. The first-order chi connectivity index (χ1) is 12.3. The highest BCUT2D eigenvalue weighted by Crippen LogP contribution is 2.21. The van der Waals surface area contributed by atoms with E-state index in [4.69, 9.17) is 4.74 Å². The molecule has 2 rings (SSSR count). The summed E-state index contributed by atoms with van der Waals surface area (Å²) in [7, 11) is 0. The smallest absolute Gasteiger partial charge is 0.326 e. The molecule has 0 aliphatic rings. The summed E-state index contributed by atoms with van der Waals surface area (Å²) in [4.78, 5) is 33.7. The van der Waals surface area contributed by atoms with Crippen molar-refractivity contribution in [3.05, 3.63) is 75.3 Å². The number of halogens is 2. The molecule has 0 aliphatic heterocycles. The minimum Gasteiger partial charge on any atom is -0.456 e. The van der Waals surface area contributed by atoms with Crippen molar-refractivity contribution in [1.29, 1.82) is 0 Å². The van der Waals surface area contributed by atoms with Crippen LogP contribution in [0.2, 0.25) is 0 Å². The molecule has 136 valence electrons. The van der Waals surface area contributed by atoms with E-state index in [1.807, 2.05) is 0 Å². The number of ether oxygens (including phenoxy) is 1. The first kappa shape index (κ1) is 19.0. The number of nitro benzene ring substituents is 1. The van der Waals surface area contributed by atoms with Crippen molar-refractivity contribution in [2.75, 3.05) is 6.54 Å². The zero-order valence-corrected chi connectivity index (χ0v) is 13.6. The Morgan fingerprint density at radius 1 is 1.23 bits per heavy atom. The number of carbonyl (C=O) groups is 2. The van der Waals surface area contributed by atoms with Crippen LogP contribution < -0.4 is 5.32 Å². The van der Waals surface area contributed by atoms with Crippen LogP contribution in [0.15, 0.2) is 42.5 Å². The van der Waals surface area contributed by atoms with Crippen LogP contribution in [0.4, 0.5) is 14.5 Å². The lowest BCUT2D eigenvalue weighted by atomic mass is 10.1. The van der Waals surface area contributed by atoms with Gasteiger partial charge in [0.05, 0.1) is 4.92 Å². The molecular formula is C17H14F2N2O5. The van der Waals surface area contributed by atoms with E-state index in [0.717, 1.165) is 18.2 Å². The molecule has 1 atom stereocenters. The summed E-state index contributed by atoms with van der Waals surface area (Å²) in [6, 6.07) is 7.84. The molecule has 0 aliphatic carbocycles. The van der Waals surface area contributed by atoms with Crippen LogP contribution in [-0.2, 0) is 9.53 Å². The number of amides is 1. The molecule has 2 aromatic carbocycles. The van der Waals surface area contributed by atoms with Crippen LogP contribution in [-0.4, -0.2) is 23.3 Å². The van der Waals surface area contributed by atoms with Gasteiger partial charge < -0.3 is 10.1 Å². The van der Waals surface area contributed by atoms with Crippen molar-refractivity contribution in [3.8, 4) is 0 Å². The van der Waals surface area contributed by atoms with Crippen LogP contribution in [0.5, 0.6) is 0 Å². The minimum absolute atomic E-state index is 0.00428. The van der Waals surface area contributed by atoms with Crippen molar-refractivity contribution in [3.63, 3.8) is 0 Å². The normalized spacial score (nSPS) is 11.5. The summed E-state index contributed by atoms with van der Waals surface area (Å²) in [5.41, 5.74) is -0.268. The molecule has 0 saturated carbocycles. The van der Waals surface area contributed by atoms with E-state index in [1.165, 1.54) is 25.1 Å². The second-order valence-electron chi connectivity index (χ2n) is 5.29. The lowest BCUT2D eigenvalue weighted by Gasteiger charge is -2.14. The number of benzene rings is 2. The van der Waals surface area contributed by atoms with E-state index in [-0.39, 0.29) is 16.8 Å². The van der Waals surface area contributed by atoms with Gasteiger partial charge in [-0.2, -0.15) is 0 Å². The molecule has 1 N–H and O–H groups in total. The molecule has 0 spiro atoms. The highest BCUT2D eigenvalue weighted by atomic mass is 19.1. The Bertz CT molecular complexity index is 857. The summed E-state index contributed by atoms with van der Waals surface area (Å²) in [5, 5.41) is 12.9. The van der Waals surface area contributed by atoms with Crippen molar-refractivity contribution in [2.45, 2.75) is 13.0 Å². The van der Waals surface area contributed by atoms with Gasteiger partial charge in [0.1, 0.15) is 24.3 Å². The standard InChI is InChI=1S/C17H14F2N2O5/c1-10(14-6-5-12(18)8-15(14)19)26-16(22)9-20-17(23)11-3-2-4-13(7-11)21(24)25/h2-8,10H,9H2,1H3,(H,20,23). The second kappa shape index (κ2) is 8.15. The Balaban J connectivity index is 1.92. The maximum atomic E-state index is 13.6. The third-order valence-electron chi connectivity index (χ3n) is 3.42. The predicted octanol–water partition coefficient (Wildman–Crippen LogP) is 2.91. The first-order valence-corrected chi connectivity index (χ1v) is 7.45. The van der Waals surface area contributed by atoms with E-state index < -0.39 is 41.1 Å². The van der Waals surface area contributed by atoms with E-state index in [9.17, 15) is 28.5 Å². The molecule has 0 bridgehead atoms. The molecule has 0 radical (unpaired) electrons. The molecule has 0 heterocycles. The molecule has 7 nitrogen and oxygen atoms in total. The molecule has 0 aromatic heterocycles. The Morgan fingerprint density at radius 2 is 1.96 bits per heavy atom. The summed E-state index contributed by atoms with van der Waals surface area (Å²) < 4.78 is 31.5. The van der Waals surface area contributed by atoms with Crippen LogP contribution in [0.3, 0.4) is 0 Å². The molecule has 0 saturated heterocycles. The van der Waals surface area contributed by atoms with E-state index in [0.29, 0.717) is 6.07 Å². The predicted molar refractivity (Wildman–Crippen MR) is 86.3 cm³/mol. The van der Waals surface area contributed by atoms with Crippen molar-refractivity contribution in [2.24, 2.45) is 0 Å². The number of hydrogen-bond donors (Lipinski definition) is 1. The maximum absolute atomic E-state index is 13.6. The second-order valence-corrected chi connectivity index (χ2v) is 5.29. The topological polar surface area (TPSA) is 98.5 Å². The first-order valence-electron chi connectivity index (χ1n) is 7.45. The van der Waals surface area contributed by atoms with Gasteiger partial charge >= 0.3 is 5.97 Å². The molecule has 0 fully saturated rings. The Hall–Kier alpha value is -3.36. The number of esters is 1. The fourth-order valence-corrected chi connectivity index (χ4v) is 2.15. The maximum Gasteiger partial charge on any atom is 0.326 e. The molecule has 1 unspecified atom stereocenters. The number of nitro groups is 1. The molecule has 1 amide bonds. The van der Waals surface area contributed by atoms with Gasteiger partial charge in [-0.15, -0.1) is 0 Å². The number of rotatable bonds is 6. The number of nitrogens with one attached hydrogen (secondary N) is 1. The van der Waals surface area contributed by atoms with Gasteiger partial charge in [-0.1, -0.05) is 6.07 Å². The van der Waals surface area contributed by atoms with Gasteiger partial charge in [0, 0.05) is 29.3 Å². The number of nitrogens with zero attached hydrogens (tertiary/aromatic N) is 1. The summed E-state index contributed by atoms with van der Waals surface area (Å²) in [6.07, 6.45) is -0.988. The Labute approximate surface area is 146 Å². The zero-order chi connectivity index (χ0) is 19.3. The lowest BCUT2D eigenvalue weighted by Crippen LogP contribution is -2.31. The third-order valence-corrected chi connectivity index (χ3v) is 3.42. The number of non-ortho nitro benzene ring substituents is 1. The number of hydrogen-bond acceptors (Lipinski definition) is 5. The summed E-state index contributed by atoms with van der Waals surface area (Å²) in [6.45, 7) is 0.880. The van der Waals surface area contributed by atoms with E-state index in [1.54, 1.807) is 0 Å². The van der Waals surface area contributed by atoms with Crippen LogP contribution in [0.1, 0.15) is 28.9 Å². The molecule has 2 aromatic rings. The van der Waals surface area contributed by atoms with Crippen molar-refractivity contribution >= 4 is 17.6 Å². The van der Waals surface area contributed by atoms with Gasteiger partial charge in [0.2, 0.25) is 0 Å². The fraction of sp³-hybridized carbons (Fsp3) is 0.176. The van der Waals surface area contributed by atoms with Gasteiger partial charge in [-0.05, 0) is 25.1 Å². The molecule has 26 heavy (non-hydrogen) atoms. The zero-order valence-electron chi connectivity index (χ0n) is 13.6. The van der Waals surface area contributed by atoms with Gasteiger partial charge in [0.25, 0.3) is 11.6 Å². The van der Waals surface area contributed by atoms with E-state index in [2.05, 4.69) is 5.32 Å². The Morgan fingerprint density at radius 3 is 2.62 bits per heavy atom. The van der Waals surface area contributed by atoms with Crippen molar-refractivity contribution < 1.29 is 28.0 Å². The van der Waals surface area contributed by atoms with Gasteiger partial charge in [-0.25, -0.2) is 8.78 Å². The van der Waals surface area contributed by atoms with Crippen LogP contribution >= 0.6 is 0 Å². The van der Waals surface area contributed by atoms with Crippen LogP contribution in [0, 0.1) is 21.7 Å². The van der Waals surface area contributed by atoms with Gasteiger partial charge in [0.15, 0.2) is 0 Å². The van der Waals surface area contributed by atoms with Crippen molar-refractivity contribution in [1.82, 2.24) is 5.32 Å². The average Bonchev–Trinajstić information content (AvgIpc) is 2.59. The quantitative estimate of drug-likeness (QED) is 0.483. The monoisotopic (exact) mass is 364 g/mol. The summed E-state index contributed by atoms with van der Waals surface area (Å²) >= 11 is 0. The van der Waals surface area contributed by atoms with Gasteiger partial charge in [-0.3, -0.25) is 19.7 Å². The Kier molecular flexibility index (Phi) is 5.94. The van der Waals surface area contributed by atoms with Crippen LogP contribution in [0.25, 0.3) is 0 Å². The number of carbonyl (C=O) groups excluding carboxylic acids is 2. The van der Waals surface area contributed by atoms with E-state index >= 15 is 0 Å². The average molecular weight is 364 g/mol. The lowest BCUT2D eigenvalue weighted by molar-refractivity contribution is -0.384. The highest BCUT2D eigenvalue weighted by molar-refractivity contribution is 5.96. The fourth-order valence-electron chi connectivity index (χ4n) is 2.15. The highest BCUT2D eigenvalue weighted by Gasteiger charge is 2.17. The summed E-state index contributed by atoms with van der Waals surface area (Å²) in [5.74, 6) is -3.16. The largest absolute Gasteiger partial charge is 0.456 e. The molecular weight excluding hydrogens is 350 g/mol. The SMILES string of the molecule is CC(OC(=O)CNC(=O)c1cccc([N+](=O)[O-])c1)c1ccc(F)cc1F. The minimum atomic E-state index is -0.988. The molecule has 9 heteroatoms.